The van der Waals surface area contributed by atoms with Gasteiger partial charge < -0.3 is 5.11 Å². The molecule has 2 aromatic rings. The lowest BCUT2D eigenvalue weighted by Gasteiger charge is -2.20. The van der Waals surface area contributed by atoms with Gasteiger partial charge in [-0.3, -0.25) is 4.40 Å². The quantitative estimate of drug-likeness (QED) is 0.930. The minimum atomic E-state index is -0.939. The molecule has 0 aliphatic carbocycles. The molecule has 100 valence electrons. The molecule has 0 amide bonds. The lowest BCUT2D eigenvalue weighted by atomic mass is 9.98. The zero-order chi connectivity index (χ0) is 13.2. The number of hydrogen-bond acceptors (Lipinski definition) is 4. The van der Waals surface area contributed by atoms with Gasteiger partial charge >= 0.3 is 5.97 Å². The predicted octanol–water partition coefficient (Wildman–Crippen LogP) is 2.11. The van der Waals surface area contributed by atoms with Crippen LogP contribution in [0.5, 0.6) is 0 Å². The van der Waals surface area contributed by atoms with E-state index in [4.69, 9.17) is 0 Å². The molecule has 0 aromatic carbocycles. The smallest absolute Gasteiger partial charge is 0.352 e. The number of fused-ring (bicyclic) bond motifs is 1. The summed E-state index contributed by atoms with van der Waals surface area (Å²) in [7, 11) is 0. The van der Waals surface area contributed by atoms with Crippen LogP contribution in [0.1, 0.15) is 29.2 Å². The fraction of sp³-hybridized carbons (Fsp3) is 0.462. The lowest BCUT2D eigenvalue weighted by Crippen LogP contribution is -2.15. The number of carboxylic acid groups (broad SMARTS) is 1. The second kappa shape index (κ2) is 5.21. The van der Waals surface area contributed by atoms with Crippen LogP contribution in [-0.2, 0) is 6.42 Å². The van der Waals surface area contributed by atoms with Gasteiger partial charge in [-0.1, -0.05) is 6.07 Å². The first-order valence-corrected chi connectivity index (χ1v) is 7.55. The number of carboxylic acids is 1. The van der Waals surface area contributed by atoms with E-state index < -0.39 is 5.97 Å². The van der Waals surface area contributed by atoms with Gasteiger partial charge in [-0.15, -0.1) is 10.2 Å². The van der Waals surface area contributed by atoms with Gasteiger partial charge in [-0.25, -0.2) is 4.79 Å². The number of hydrogen-bond donors (Lipinski definition) is 1. The van der Waals surface area contributed by atoms with Gasteiger partial charge in [0.1, 0.15) is 11.5 Å². The van der Waals surface area contributed by atoms with Gasteiger partial charge in [0.25, 0.3) is 0 Å². The van der Waals surface area contributed by atoms with Gasteiger partial charge in [-0.05, 0) is 42.4 Å². The Labute approximate surface area is 115 Å². The standard InChI is InChI=1S/C13H15N3O2S/c17-13(18)10-2-1-3-11-14-15-12(16(10)11)8-9-4-6-19-7-5-9/h1-3,9H,4-8H2,(H,17,18). The Morgan fingerprint density at radius 1 is 1.37 bits per heavy atom. The number of pyridine rings is 1. The molecule has 0 radical (unpaired) electrons. The highest BCUT2D eigenvalue weighted by Gasteiger charge is 2.19. The molecule has 5 nitrogen and oxygen atoms in total. The van der Waals surface area contributed by atoms with Crippen molar-refractivity contribution in [2.24, 2.45) is 5.92 Å². The van der Waals surface area contributed by atoms with Crippen molar-refractivity contribution in [3.63, 3.8) is 0 Å². The molecular formula is C13H15N3O2S. The summed E-state index contributed by atoms with van der Waals surface area (Å²) in [6.07, 6.45) is 3.16. The highest BCUT2D eigenvalue weighted by Crippen LogP contribution is 2.25. The Kier molecular flexibility index (Phi) is 3.42. The van der Waals surface area contributed by atoms with E-state index in [0.717, 1.165) is 12.2 Å². The second-order valence-corrected chi connectivity index (χ2v) is 6.01. The maximum absolute atomic E-state index is 11.3. The molecule has 3 heterocycles. The summed E-state index contributed by atoms with van der Waals surface area (Å²) in [4.78, 5) is 11.3. The first kappa shape index (κ1) is 12.5. The van der Waals surface area contributed by atoms with E-state index in [1.165, 1.54) is 24.3 Å². The average Bonchev–Trinajstić information content (AvgIpc) is 2.83. The maximum atomic E-state index is 11.3. The SMILES string of the molecule is O=C(O)c1cccc2nnc(CC3CCSCC3)n12. The molecule has 0 bridgehead atoms. The number of aromatic carboxylic acids is 1. The summed E-state index contributed by atoms with van der Waals surface area (Å²) in [5.74, 6) is 2.80. The van der Waals surface area contributed by atoms with Crippen LogP contribution in [0.4, 0.5) is 0 Å². The zero-order valence-electron chi connectivity index (χ0n) is 10.5. The lowest BCUT2D eigenvalue weighted by molar-refractivity contribution is 0.0688. The van der Waals surface area contributed by atoms with Crippen LogP contribution in [0, 0.1) is 5.92 Å². The molecule has 1 saturated heterocycles. The Morgan fingerprint density at radius 2 is 2.16 bits per heavy atom. The van der Waals surface area contributed by atoms with Gasteiger partial charge in [0.2, 0.25) is 0 Å². The number of rotatable bonds is 3. The van der Waals surface area contributed by atoms with Crippen LogP contribution in [0.25, 0.3) is 5.65 Å². The van der Waals surface area contributed by atoms with Gasteiger partial charge in [-0.2, -0.15) is 11.8 Å². The number of carbonyl (C=O) groups is 1. The highest BCUT2D eigenvalue weighted by molar-refractivity contribution is 7.99. The molecule has 19 heavy (non-hydrogen) atoms. The van der Waals surface area contributed by atoms with Crippen molar-refractivity contribution in [2.75, 3.05) is 11.5 Å². The predicted molar refractivity (Wildman–Crippen MR) is 73.7 cm³/mol. The van der Waals surface area contributed by atoms with E-state index in [1.807, 2.05) is 11.8 Å². The molecule has 0 spiro atoms. The van der Waals surface area contributed by atoms with Crippen molar-refractivity contribution in [3.05, 3.63) is 29.7 Å². The maximum Gasteiger partial charge on any atom is 0.352 e. The number of thioether (sulfide) groups is 1. The van der Waals surface area contributed by atoms with Crippen LogP contribution in [-0.4, -0.2) is 37.2 Å². The third-order valence-corrected chi connectivity index (χ3v) is 4.58. The summed E-state index contributed by atoms with van der Waals surface area (Å²) >= 11 is 1.99. The second-order valence-electron chi connectivity index (χ2n) is 4.79. The van der Waals surface area contributed by atoms with Crippen molar-refractivity contribution in [3.8, 4) is 0 Å². The summed E-state index contributed by atoms with van der Waals surface area (Å²) in [5, 5.41) is 17.5. The van der Waals surface area contributed by atoms with E-state index in [2.05, 4.69) is 10.2 Å². The first-order chi connectivity index (χ1) is 9.25. The molecule has 1 N–H and O–H groups in total. The molecule has 0 saturated carbocycles. The van der Waals surface area contributed by atoms with Crippen molar-refractivity contribution in [1.82, 2.24) is 14.6 Å². The summed E-state index contributed by atoms with van der Waals surface area (Å²) in [6, 6.07) is 5.09. The minimum Gasteiger partial charge on any atom is -0.477 e. The Morgan fingerprint density at radius 3 is 2.89 bits per heavy atom. The normalized spacial score (nSPS) is 16.8. The van der Waals surface area contributed by atoms with E-state index in [9.17, 15) is 9.90 Å². The van der Waals surface area contributed by atoms with Crippen molar-refractivity contribution in [2.45, 2.75) is 19.3 Å². The average molecular weight is 277 g/mol. The molecule has 0 atom stereocenters. The molecule has 1 aliphatic heterocycles. The van der Waals surface area contributed by atoms with Crippen LogP contribution < -0.4 is 0 Å². The van der Waals surface area contributed by atoms with Gasteiger partial charge in [0.05, 0.1) is 0 Å². The fourth-order valence-corrected chi connectivity index (χ4v) is 3.71. The third kappa shape index (κ3) is 2.45. The zero-order valence-corrected chi connectivity index (χ0v) is 11.3. The molecule has 1 aliphatic rings. The van der Waals surface area contributed by atoms with Crippen molar-refractivity contribution < 1.29 is 9.90 Å². The molecule has 2 aromatic heterocycles. The molecule has 6 heteroatoms. The molecule has 3 rings (SSSR count). The van der Waals surface area contributed by atoms with E-state index in [0.29, 0.717) is 11.6 Å². The Bertz CT molecular complexity index is 605. The van der Waals surface area contributed by atoms with Crippen molar-refractivity contribution >= 4 is 23.4 Å². The Hall–Kier alpha value is -1.56. The summed E-state index contributed by atoms with van der Waals surface area (Å²) in [5.41, 5.74) is 0.850. The third-order valence-electron chi connectivity index (χ3n) is 3.53. The van der Waals surface area contributed by atoms with Crippen LogP contribution in [0.15, 0.2) is 18.2 Å². The van der Waals surface area contributed by atoms with E-state index in [1.54, 1.807) is 22.6 Å². The van der Waals surface area contributed by atoms with Gasteiger partial charge in [0, 0.05) is 6.42 Å². The van der Waals surface area contributed by atoms with E-state index >= 15 is 0 Å². The Balaban J connectivity index is 1.96. The van der Waals surface area contributed by atoms with Crippen molar-refractivity contribution in [1.29, 1.82) is 0 Å². The fourth-order valence-electron chi connectivity index (χ4n) is 2.51. The highest BCUT2D eigenvalue weighted by atomic mass is 32.2. The molecular weight excluding hydrogens is 262 g/mol. The monoisotopic (exact) mass is 277 g/mol. The number of nitrogens with zero attached hydrogens (tertiary/aromatic N) is 3. The van der Waals surface area contributed by atoms with Crippen LogP contribution >= 0.6 is 11.8 Å². The van der Waals surface area contributed by atoms with E-state index in [-0.39, 0.29) is 5.69 Å². The summed E-state index contributed by atoms with van der Waals surface area (Å²) < 4.78 is 1.67. The topological polar surface area (TPSA) is 67.5 Å². The molecule has 1 fully saturated rings. The molecule has 0 unspecified atom stereocenters. The van der Waals surface area contributed by atoms with Crippen LogP contribution in [0.2, 0.25) is 0 Å². The largest absolute Gasteiger partial charge is 0.477 e. The van der Waals surface area contributed by atoms with Crippen LogP contribution in [0.3, 0.4) is 0 Å². The summed E-state index contributed by atoms with van der Waals surface area (Å²) in [6.45, 7) is 0. The first-order valence-electron chi connectivity index (χ1n) is 6.40. The minimum absolute atomic E-state index is 0.239. The van der Waals surface area contributed by atoms with Gasteiger partial charge in [0.15, 0.2) is 5.65 Å². The number of aromatic nitrogens is 3.